The molecule has 0 aromatic rings. The van der Waals surface area contributed by atoms with Gasteiger partial charge in [0.1, 0.15) is 6.61 Å². The van der Waals surface area contributed by atoms with Crippen LogP contribution in [0.25, 0.3) is 0 Å². The average Bonchev–Trinajstić information content (AvgIpc) is 3.25. The Morgan fingerprint density at radius 1 is 0.292 bits per heavy atom. The fourth-order valence-corrected chi connectivity index (χ4v) is 8.22. The minimum atomic E-state index is -0.0438. The van der Waals surface area contributed by atoms with Gasteiger partial charge in [-0.15, -0.1) is 0 Å². The van der Waals surface area contributed by atoms with Crippen LogP contribution in [0.2, 0.25) is 0 Å². The van der Waals surface area contributed by atoms with Gasteiger partial charge in [-0.25, -0.2) is 0 Å². The van der Waals surface area contributed by atoms with E-state index in [4.69, 9.17) is 4.74 Å². The molecule has 0 aliphatic carbocycles. The maximum absolute atomic E-state index is 12.2. The predicted octanol–water partition coefficient (Wildman–Crippen LogP) is 21.6. The summed E-state index contributed by atoms with van der Waals surface area (Å²) in [7, 11) is 0. The summed E-state index contributed by atoms with van der Waals surface area (Å²) in [5, 5.41) is 0. The first-order valence-corrected chi connectivity index (χ1v) is 27.4. The lowest BCUT2D eigenvalue weighted by Crippen LogP contribution is -2.04. The summed E-state index contributed by atoms with van der Waals surface area (Å²) < 4.78 is 5.50. The zero-order valence-electron chi connectivity index (χ0n) is 45.3. The van der Waals surface area contributed by atoms with Crippen molar-refractivity contribution in [2.45, 2.75) is 282 Å². The third-order valence-electron chi connectivity index (χ3n) is 13.0. The largest absolute Gasteiger partial charge is 0.461 e. The van der Waals surface area contributed by atoms with Crippen LogP contribution >= 0.6 is 0 Å². The summed E-state index contributed by atoms with van der Waals surface area (Å²) in [5.74, 6) is -0.0438. The smallest absolute Gasteiger partial charge is 0.306 e. The van der Waals surface area contributed by atoms with Crippen LogP contribution in [0, 0.1) is 0 Å². The highest BCUT2D eigenvalue weighted by molar-refractivity contribution is 5.69. The van der Waals surface area contributed by atoms with Gasteiger partial charge in [0.25, 0.3) is 0 Å². The number of carbonyl (C=O) groups is 1. The highest BCUT2D eigenvalue weighted by Gasteiger charge is 2.03. The van der Waals surface area contributed by atoms with Crippen molar-refractivity contribution in [3.63, 3.8) is 0 Å². The lowest BCUT2D eigenvalue weighted by atomic mass is 10.0. The van der Waals surface area contributed by atoms with Crippen LogP contribution in [-0.2, 0) is 9.53 Å². The highest BCUT2D eigenvalue weighted by Crippen LogP contribution is 2.19. The van der Waals surface area contributed by atoms with E-state index in [0.717, 1.165) is 83.5 Å². The summed E-state index contributed by atoms with van der Waals surface area (Å²) >= 11 is 0. The molecule has 0 amide bonds. The molecule has 0 aromatic heterocycles. The summed E-state index contributed by atoms with van der Waals surface area (Å²) in [6.07, 6.45) is 60.4. The van der Waals surface area contributed by atoms with Crippen LogP contribution in [0.1, 0.15) is 282 Å². The van der Waals surface area contributed by atoms with Gasteiger partial charge in [0.05, 0.1) is 0 Å². The van der Waals surface area contributed by atoms with E-state index in [1.54, 1.807) is 0 Å². The molecular formula is C63H108O2. The number of esters is 1. The average molecular weight is 898 g/mol. The molecule has 0 aliphatic rings. The summed E-state index contributed by atoms with van der Waals surface area (Å²) in [6.45, 7) is 25.3. The number of ether oxygens (including phenoxy) is 1. The van der Waals surface area contributed by atoms with Crippen LogP contribution in [0.5, 0.6) is 0 Å². The fourth-order valence-electron chi connectivity index (χ4n) is 8.22. The van der Waals surface area contributed by atoms with E-state index in [9.17, 15) is 4.79 Å². The van der Waals surface area contributed by atoms with Gasteiger partial charge in [-0.05, 0) is 184 Å². The minimum absolute atomic E-state index is 0.0438. The molecule has 2 nitrogen and oxygen atoms in total. The van der Waals surface area contributed by atoms with Gasteiger partial charge in [0.2, 0.25) is 0 Å². The summed E-state index contributed by atoms with van der Waals surface area (Å²) in [6, 6.07) is 0. The lowest BCUT2D eigenvalue weighted by Gasteiger charge is -2.05. The molecule has 0 spiro atoms. The van der Waals surface area contributed by atoms with Gasteiger partial charge in [0, 0.05) is 6.42 Å². The SMILES string of the molecule is CCCCCCCCCCCCCCCCCC(=O)OC/C=C(\C)CC/C=C(\C)CC/C=C(\C)CC/C=C(\C)CC/C=C(\C)CC/C=C(\C)CC/C=C(\C)CC/C=C(\C)CCC=C(C)C. The Morgan fingerprint density at radius 2 is 0.523 bits per heavy atom. The molecule has 0 rings (SSSR count). The molecule has 2 heteroatoms. The van der Waals surface area contributed by atoms with Crippen molar-refractivity contribution in [2.75, 3.05) is 6.61 Å². The fraction of sp³-hybridized carbons (Fsp3) is 0.698. The Labute approximate surface area is 406 Å². The number of hydrogen-bond acceptors (Lipinski definition) is 2. The molecular weight excluding hydrogens is 789 g/mol. The molecule has 0 unspecified atom stereocenters. The molecule has 0 bridgehead atoms. The van der Waals surface area contributed by atoms with Gasteiger partial charge in [-0.2, -0.15) is 0 Å². The first kappa shape index (κ1) is 62.1. The lowest BCUT2D eigenvalue weighted by molar-refractivity contribution is -0.142. The van der Waals surface area contributed by atoms with Crippen LogP contribution in [-0.4, -0.2) is 12.6 Å². The van der Waals surface area contributed by atoms with Crippen molar-refractivity contribution in [3.05, 3.63) is 105 Å². The Morgan fingerprint density at radius 3 is 0.785 bits per heavy atom. The van der Waals surface area contributed by atoms with Crippen molar-refractivity contribution >= 4 is 5.97 Å². The van der Waals surface area contributed by atoms with Crippen molar-refractivity contribution in [1.82, 2.24) is 0 Å². The van der Waals surface area contributed by atoms with Crippen molar-refractivity contribution in [1.29, 1.82) is 0 Å². The number of rotatable bonds is 42. The second kappa shape index (κ2) is 44.9. The molecule has 0 fully saturated rings. The molecule has 372 valence electrons. The zero-order chi connectivity index (χ0) is 48.2. The number of carbonyl (C=O) groups excluding carboxylic acids is 1. The number of allylic oxidation sites excluding steroid dienone is 17. The number of hydrogen-bond donors (Lipinski definition) is 0. The van der Waals surface area contributed by atoms with Gasteiger partial charge >= 0.3 is 5.97 Å². The molecule has 0 radical (unpaired) electrons. The monoisotopic (exact) mass is 897 g/mol. The Kier molecular flexibility index (Phi) is 43.0. The Bertz CT molecular complexity index is 1480. The summed E-state index contributed by atoms with van der Waals surface area (Å²) in [5.41, 5.74) is 13.3. The predicted molar refractivity (Wildman–Crippen MR) is 294 cm³/mol. The molecule has 0 saturated carbocycles. The Hall–Kier alpha value is -2.87. The highest BCUT2D eigenvalue weighted by atomic mass is 16.5. The van der Waals surface area contributed by atoms with E-state index in [1.807, 2.05) is 0 Å². The standard InChI is InChI=1S/C63H108O2/c1-12-13-14-15-16-17-18-19-20-21-22-23-24-25-26-51-63(64)65-53-52-62(11)50-34-49-61(10)48-33-47-60(9)46-32-45-59(8)44-31-43-58(7)42-30-41-57(6)40-29-39-56(5)38-28-37-55(4)36-27-35-54(2)3/h35,37,39,41,43,45,47,49,52H,12-34,36,38,40,42,44,46,48,50-51,53H2,1-11H3/b55-37+,56-39+,57-41+,58-43+,59-45+,60-47+,61-49+,62-52+. The topological polar surface area (TPSA) is 26.3 Å². The molecule has 0 saturated heterocycles. The van der Waals surface area contributed by atoms with E-state index >= 15 is 0 Å². The van der Waals surface area contributed by atoms with Crippen molar-refractivity contribution in [2.24, 2.45) is 0 Å². The van der Waals surface area contributed by atoms with E-state index in [1.165, 1.54) is 166 Å². The normalized spacial score (nSPS) is 13.8. The van der Waals surface area contributed by atoms with Gasteiger partial charge in [0.15, 0.2) is 0 Å². The summed E-state index contributed by atoms with van der Waals surface area (Å²) in [4.78, 5) is 12.2. The first-order valence-electron chi connectivity index (χ1n) is 27.4. The van der Waals surface area contributed by atoms with E-state index in [0.29, 0.717) is 13.0 Å². The minimum Gasteiger partial charge on any atom is -0.461 e. The van der Waals surface area contributed by atoms with E-state index < -0.39 is 0 Å². The maximum Gasteiger partial charge on any atom is 0.306 e. The van der Waals surface area contributed by atoms with Gasteiger partial charge < -0.3 is 4.74 Å². The van der Waals surface area contributed by atoms with Gasteiger partial charge in [-0.3, -0.25) is 4.79 Å². The molecule has 0 atom stereocenters. The third kappa shape index (κ3) is 46.0. The van der Waals surface area contributed by atoms with Crippen LogP contribution in [0.15, 0.2) is 105 Å². The first-order chi connectivity index (χ1) is 31.3. The maximum atomic E-state index is 12.2. The molecule has 0 aliphatic heterocycles. The van der Waals surface area contributed by atoms with E-state index in [2.05, 4.69) is 131 Å². The van der Waals surface area contributed by atoms with E-state index in [-0.39, 0.29) is 5.97 Å². The zero-order valence-corrected chi connectivity index (χ0v) is 45.3. The van der Waals surface area contributed by atoms with Crippen LogP contribution in [0.3, 0.4) is 0 Å². The molecule has 0 heterocycles. The molecule has 65 heavy (non-hydrogen) atoms. The Balaban J connectivity index is 4.06. The quantitative estimate of drug-likeness (QED) is 0.0347. The second-order valence-electron chi connectivity index (χ2n) is 20.4. The second-order valence-corrected chi connectivity index (χ2v) is 20.4. The van der Waals surface area contributed by atoms with Gasteiger partial charge in [-0.1, -0.05) is 196 Å². The third-order valence-corrected chi connectivity index (χ3v) is 13.0. The van der Waals surface area contributed by atoms with Crippen molar-refractivity contribution < 1.29 is 9.53 Å². The molecule has 0 aromatic carbocycles. The molecule has 0 N–H and O–H groups in total. The van der Waals surface area contributed by atoms with Crippen molar-refractivity contribution in [3.8, 4) is 0 Å². The van der Waals surface area contributed by atoms with Crippen LogP contribution < -0.4 is 0 Å². The van der Waals surface area contributed by atoms with Crippen LogP contribution in [0.4, 0.5) is 0 Å². The number of unbranched alkanes of at least 4 members (excludes halogenated alkanes) is 14.